The van der Waals surface area contributed by atoms with Crippen molar-refractivity contribution in [3.8, 4) is 11.5 Å². The molecule has 2 aliphatic heterocycles. The van der Waals surface area contributed by atoms with E-state index in [1.54, 1.807) is 19.3 Å². The monoisotopic (exact) mass is 408 g/mol. The predicted octanol–water partition coefficient (Wildman–Crippen LogP) is 1.18. The van der Waals surface area contributed by atoms with Crippen molar-refractivity contribution in [1.29, 1.82) is 0 Å². The zero-order valence-corrected chi connectivity index (χ0v) is 17.0. The van der Waals surface area contributed by atoms with Crippen LogP contribution >= 0.6 is 0 Å². The third-order valence-corrected chi connectivity index (χ3v) is 6.96. The lowest BCUT2D eigenvalue weighted by Gasteiger charge is -2.28. The number of rotatable bonds is 8. The van der Waals surface area contributed by atoms with Gasteiger partial charge in [-0.15, -0.1) is 6.58 Å². The van der Waals surface area contributed by atoms with Crippen LogP contribution in [0.3, 0.4) is 0 Å². The molecule has 2 aliphatic rings. The van der Waals surface area contributed by atoms with Crippen LogP contribution in [0, 0.1) is 0 Å². The number of likely N-dealkylation sites (tertiary alicyclic amines) is 1. The van der Waals surface area contributed by atoms with E-state index >= 15 is 0 Å². The molecule has 0 aromatic heterocycles. The second-order valence-corrected chi connectivity index (χ2v) is 9.48. The van der Waals surface area contributed by atoms with E-state index in [1.165, 1.54) is 0 Å². The van der Waals surface area contributed by atoms with E-state index in [0.29, 0.717) is 17.9 Å². The molecule has 2 heterocycles. The Morgan fingerprint density at radius 3 is 2.71 bits per heavy atom. The summed E-state index contributed by atoms with van der Waals surface area (Å²) in [6.45, 7) is 5.29. The minimum absolute atomic E-state index is 0.0144. The molecule has 154 valence electrons. The van der Waals surface area contributed by atoms with Gasteiger partial charge in [0.2, 0.25) is 0 Å². The predicted molar refractivity (Wildman–Crippen MR) is 108 cm³/mol. The number of ether oxygens (including phenoxy) is 2. The SMILES string of the molecule is C=CCc1ccc(OCC(=O)NC2CS(=O)(=O)CC2N2CCCC2)c(OC)c1. The summed E-state index contributed by atoms with van der Waals surface area (Å²) in [5.41, 5.74) is 1.04. The highest BCUT2D eigenvalue weighted by atomic mass is 32.2. The Hall–Kier alpha value is -2.06. The Labute approximate surface area is 166 Å². The number of carbonyl (C=O) groups is 1. The van der Waals surface area contributed by atoms with Gasteiger partial charge in [0.25, 0.3) is 5.91 Å². The summed E-state index contributed by atoms with van der Waals surface area (Å²) in [7, 11) is -1.60. The molecule has 7 nitrogen and oxygen atoms in total. The van der Waals surface area contributed by atoms with Gasteiger partial charge in [0.15, 0.2) is 27.9 Å². The fourth-order valence-electron chi connectivity index (χ4n) is 3.92. The number of nitrogens with one attached hydrogen (secondary N) is 1. The standard InChI is InChI=1S/C20H28N2O5S/c1-3-6-15-7-8-18(19(11-15)26-2)27-12-20(23)21-16-13-28(24,25)14-17(16)22-9-4-5-10-22/h3,7-8,11,16-17H,1,4-6,9-10,12-14H2,2H3,(H,21,23). The molecule has 28 heavy (non-hydrogen) atoms. The number of hydrogen-bond acceptors (Lipinski definition) is 6. The quantitative estimate of drug-likeness (QED) is 0.651. The minimum Gasteiger partial charge on any atom is -0.493 e. The highest BCUT2D eigenvalue weighted by Gasteiger charge is 2.42. The second kappa shape index (κ2) is 8.96. The number of allylic oxidation sites excluding steroid dienone is 1. The molecule has 1 aromatic carbocycles. The van der Waals surface area contributed by atoms with Crippen LogP contribution in [0.5, 0.6) is 11.5 Å². The molecule has 0 radical (unpaired) electrons. The van der Waals surface area contributed by atoms with Crippen LogP contribution in [0.4, 0.5) is 0 Å². The summed E-state index contributed by atoms with van der Waals surface area (Å²) in [6, 6.07) is 4.96. The first-order chi connectivity index (χ1) is 13.4. The fourth-order valence-corrected chi connectivity index (χ4v) is 5.87. The van der Waals surface area contributed by atoms with E-state index in [-0.39, 0.29) is 30.1 Å². The Kier molecular flexibility index (Phi) is 6.61. The van der Waals surface area contributed by atoms with E-state index < -0.39 is 15.9 Å². The van der Waals surface area contributed by atoms with Gasteiger partial charge in [-0.3, -0.25) is 9.69 Å². The Morgan fingerprint density at radius 1 is 1.29 bits per heavy atom. The van der Waals surface area contributed by atoms with Crippen molar-refractivity contribution >= 4 is 15.7 Å². The van der Waals surface area contributed by atoms with Gasteiger partial charge < -0.3 is 14.8 Å². The lowest BCUT2D eigenvalue weighted by molar-refractivity contribution is -0.124. The first kappa shape index (κ1) is 20.7. The number of carbonyl (C=O) groups excluding carboxylic acids is 1. The maximum Gasteiger partial charge on any atom is 0.258 e. The van der Waals surface area contributed by atoms with Crippen LogP contribution in [0.15, 0.2) is 30.9 Å². The number of benzene rings is 1. The number of hydrogen-bond donors (Lipinski definition) is 1. The molecule has 1 N–H and O–H groups in total. The van der Waals surface area contributed by atoms with Gasteiger partial charge in [-0.05, 0) is 50.0 Å². The third kappa shape index (κ3) is 5.05. The molecule has 0 saturated carbocycles. The maximum atomic E-state index is 12.4. The molecule has 2 fully saturated rings. The van der Waals surface area contributed by atoms with Crippen LogP contribution in [-0.2, 0) is 21.1 Å². The topological polar surface area (TPSA) is 84.9 Å². The molecule has 3 rings (SSSR count). The van der Waals surface area contributed by atoms with E-state index in [9.17, 15) is 13.2 Å². The van der Waals surface area contributed by atoms with E-state index in [0.717, 1.165) is 31.5 Å². The second-order valence-electron chi connectivity index (χ2n) is 7.33. The van der Waals surface area contributed by atoms with E-state index in [1.807, 2.05) is 12.1 Å². The summed E-state index contributed by atoms with van der Waals surface area (Å²) in [4.78, 5) is 14.6. The van der Waals surface area contributed by atoms with Gasteiger partial charge >= 0.3 is 0 Å². The van der Waals surface area contributed by atoms with Gasteiger partial charge in [-0.2, -0.15) is 0 Å². The molecule has 1 amide bonds. The minimum atomic E-state index is -3.14. The van der Waals surface area contributed by atoms with Gasteiger partial charge in [0.05, 0.1) is 24.7 Å². The summed E-state index contributed by atoms with van der Waals surface area (Å²) in [6.07, 6.45) is 4.66. The van der Waals surface area contributed by atoms with Crippen molar-refractivity contribution in [1.82, 2.24) is 10.2 Å². The van der Waals surface area contributed by atoms with Crippen LogP contribution in [-0.4, -0.2) is 69.6 Å². The van der Waals surface area contributed by atoms with Crippen LogP contribution in [0.1, 0.15) is 18.4 Å². The van der Waals surface area contributed by atoms with Crippen LogP contribution < -0.4 is 14.8 Å². The molecule has 0 aliphatic carbocycles. The summed E-state index contributed by atoms with van der Waals surface area (Å²) >= 11 is 0. The molecule has 0 bridgehead atoms. The van der Waals surface area contributed by atoms with Gasteiger partial charge in [0.1, 0.15) is 0 Å². The lowest BCUT2D eigenvalue weighted by Crippen LogP contribution is -2.51. The summed E-state index contributed by atoms with van der Waals surface area (Å²) < 4.78 is 35.2. The zero-order valence-electron chi connectivity index (χ0n) is 16.2. The largest absolute Gasteiger partial charge is 0.493 e. The normalized spacial score (nSPS) is 24.0. The Bertz CT molecular complexity index is 818. The molecule has 0 spiro atoms. The Balaban J connectivity index is 1.59. The van der Waals surface area contributed by atoms with Crippen molar-refractivity contribution in [3.05, 3.63) is 36.4 Å². The molecule has 1 aromatic rings. The van der Waals surface area contributed by atoms with Crippen LogP contribution in [0.2, 0.25) is 0 Å². The number of methoxy groups -OCH3 is 1. The first-order valence-corrected chi connectivity index (χ1v) is 11.4. The lowest BCUT2D eigenvalue weighted by atomic mass is 10.1. The molecular formula is C20H28N2O5S. The highest BCUT2D eigenvalue weighted by Crippen LogP contribution is 2.28. The number of nitrogens with zero attached hydrogens (tertiary/aromatic N) is 1. The fraction of sp³-hybridized carbons (Fsp3) is 0.550. The molecule has 2 unspecified atom stereocenters. The van der Waals surface area contributed by atoms with E-state index in [4.69, 9.17) is 9.47 Å². The van der Waals surface area contributed by atoms with Crippen molar-refractivity contribution in [2.24, 2.45) is 0 Å². The van der Waals surface area contributed by atoms with E-state index in [2.05, 4.69) is 16.8 Å². The van der Waals surface area contributed by atoms with Gasteiger partial charge in [-0.1, -0.05) is 12.1 Å². The third-order valence-electron chi connectivity index (χ3n) is 5.25. The van der Waals surface area contributed by atoms with Crippen molar-refractivity contribution in [3.63, 3.8) is 0 Å². The van der Waals surface area contributed by atoms with Gasteiger partial charge in [0, 0.05) is 6.04 Å². The summed E-state index contributed by atoms with van der Waals surface area (Å²) in [5, 5.41) is 2.86. The molecule has 2 atom stereocenters. The number of amides is 1. The number of sulfone groups is 1. The van der Waals surface area contributed by atoms with Crippen LogP contribution in [0.25, 0.3) is 0 Å². The average Bonchev–Trinajstić information content (AvgIpc) is 3.28. The maximum absolute atomic E-state index is 12.4. The van der Waals surface area contributed by atoms with Crippen molar-refractivity contribution in [2.45, 2.75) is 31.3 Å². The molecule has 8 heteroatoms. The molecular weight excluding hydrogens is 380 g/mol. The Morgan fingerprint density at radius 2 is 2.04 bits per heavy atom. The highest BCUT2D eigenvalue weighted by molar-refractivity contribution is 7.91. The van der Waals surface area contributed by atoms with Gasteiger partial charge in [-0.25, -0.2) is 8.42 Å². The van der Waals surface area contributed by atoms with Crippen molar-refractivity contribution in [2.75, 3.05) is 38.3 Å². The zero-order chi connectivity index (χ0) is 20.1. The smallest absolute Gasteiger partial charge is 0.258 e. The van der Waals surface area contributed by atoms with Crippen molar-refractivity contribution < 1.29 is 22.7 Å². The average molecular weight is 409 g/mol. The molecule has 2 saturated heterocycles. The first-order valence-electron chi connectivity index (χ1n) is 9.56. The summed E-state index contributed by atoms with van der Waals surface area (Å²) in [5.74, 6) is 0.784.